The van der Waals surface area contributed by atoms with Gasteiger partial charge in [0.1, 0.15) is 11.2 Å². The molecule has 1 aliphatic heterocycles. The fourth-order valence-corrected chi connectivity index (χ4v) is 3.71. The summed E-state index contributed by atoms with van der Waals surface area (Å²) in [5, 5.41) is 25.0. The molecule has 1 fully saturated rings. The summed E-state index contributed by atoms with van der Waals surface area (Å²) in [5.74, 6) is 0.879. The fraction of sp³-hybridized carbons (Fsp3) is 0.250. The minimum Gasteiger partial charge on any atom is -0.416 e. The molecule has 4 heterocycles. The summed E-state index contributed by atoms with van der Waals surface area (Å²) in [6.07, 6.45) is 3.54. The Kier molecular flexibility index (Phi) is 4.18. The highest BCUT2D eigenvalue weighted by molar-refractivity contribution is 5.71. The van der Waals surface area contributed by atoms with Crippen molar-refractivity contribution in [1.82, 2.24) is 30.1 Å². The van der Waals surface area contributed by atoms with Gasteiger partial charge in [-0.2, -0.15) is 10.4 Å². The number of rotatable bonds is 3. The lowest BCUT2D eigenvalue weighted by atomic mass is 9.94. The Hall–Kier alpha value is -3.77. The predicted molar refractivity (Wildman–Crippen MR) is 104 cm³/mol. The second-order valence-corrected chi connectivity index (χ2v) is 7.00. The van der Waals surface area contributed by atoms with Gasteiger partial charge in [0.2, 0.25) is 5.89 Å². The van der Waals surface area contributed by atoms with E-state index in [9.17, 15) is 4.79 Å². The third kappa shape index (κ3) is 3.09. The maximum absolute atomic E-state index is 12.3. The van der Waals surface area contributed by atoms with Gasteiger partial charge in [0, 0.05) is 17.5 Å². The average molecular weight is 387 g/mol. The van der Waals surface area contributed by atoms with Gasteiger partial charge < -0.3 is 14.7 Å². The van der Waals surface area contributed by atoms with Crippen LogP contribution in [0.1, 0.15) is 30.0 Å². The van der Waals surface area contributed by atoms with Gasteiger partial charge in [-0.15, -0.1) is 10.2 Å². The smallest absolute Gasteiger partial charge is 0.253 e. The van der Waals surface area contributed by atoms with Crippen LogP contribution in [-0.2, 0) is 0 Å². The molecule has 1 aliphatic rings. The van der Waals surface area contributed by atoms with Gasteiger partial charge in [-0.25, -0.2) is 4.52 Å². The minimum absolute atomic E-state index is 0.181. The minimum atomic E-state index is -0.181. The predicted octanol–water partition coefficient (Wildman–Crippen LogP) is 2.08. The normalized spacial score (nSPS) is 14.9. The largest absolute Gasteiger partial charge is 0.416 e. The Morgan fingerprint density at radius 2 is 1.90 bits per heavy atom. The number of nitriles is 1. The van der Waals surface area contributed by atoms with E-state index < -0.39 is 0 Å². The first-order chi connectivity index (χ1) is 14.2. The molecule has 1 aromatic carbocycles. The first-order valence-electron chi connectivity index (χ1n) is 9.39. The van der Waals surface area contributed by atoms with Gasteiger partial charge in [0.25, 0.3) is 11.4 Å². The second kappa shape index (κ2) is 7.00. The monoisotopic (exact) mass is 387 g/mol. The molecule has 0 radical (unpaired) electrons. The molecule has 9 nitrogen and oxygen atoms in total. The van der Waals surface area contributed by atoms with Crippen molar-refractivity contribution in [2.24, 2.45) is 0 Å². The van der Waals surface area contributed by atoms with E-state index >= 15 is 0 Å². The van der Waals surface area contributed by atoms with E-state index in [4.69, 9.17) is 9.68 Å². The van der Waals surface area contributed by atoms with Crippen LogP contribution in [-0.4, -0.2) is 37.9 Å². The van der Waals surface area contributed by atoms with Crippen molar-refractivity contribution in [3.05, 3.63) is 58.1 Å². The third-order valence-electron chi connectivity index (χ3n) is 5.21. The van der Waals surface area contributed by atoms with Gasteiger partial charge in [0.15, 0.2) is 0 Å². The summed E-state index contributed by atoms with van der Waals surface area (Å²) in [7, 11) is 0. The quantitative estimate of drug-likeness (QED) is 0.551. The van der Waals surface area contributed by atoms with Crippen LogP contribution in [0.5, 0.6) is 0 Å². The zero-order valence-corrected chi connectivity index (χ0v) is 15.4. The van der Waals surface area contributed by atoms with Crippen LogP contribution in [0.3, 0.4) is 0 Å². The Labute approximate surface area is 165 Å². The summed E-state index contributed by atoms with van der Waals surface area (Å²) in [5.41, 5.74) is 3.09. The molecule has 0 atom stereocenters. The van der Waals surface area contributed by atoms with Gasteiger partial charge in [-0.3, -0.25) is 4.79 Å². The molecule has 3 aromatic heterocycles. The molecular weight excluding hydrogens is 370 g/mol. The molecule has 0 bridgehead atoms. The zero-order chi connectivity index (χ0) is 19.8. The topological polar surface area (TPSA) is 125 Å². The number of aromatic amines is 1. The highest BCUT2D eigenvalue weighted by Crippen LogP contribution is 2.29. The first kappa shape index (κ1) is 17.3. The van der Waals surface area contributed by atoms with Crippen LogP contribution in [0.25, 0.3) is 28.6 Å². The fourth-order valence-electron chi connectivity index (χ4n) is 3.71. The first-order valence-corrected chi connectivity index (χ1v) is 9.39. The molecule has 5 rings (SSSR count). The Morgan fingerprint density at radius 3 is 2.66 bits per heavy atom. The van der Waals surface area contributed by atoms with Crippen molar-refractivity contribution in [2.45, 2.75) is 18.8 Å². The molecule has 29 heavy (non-hydrogen) atoms. The summed E-state index contributed by atoms with van der Waals surface area (Å²) in [6, 6.07) is 10.6. The van der Waals surface area contributed by atoms with E-state index in [0.29, 0.717) is 28.2 Å². The summed E-state index contributed by atoms with van der Waals surface area (Å²) in [6.45, 7) is 1.84. The zero-order valence-electron chi connectivity index (χ0n) is 15.4. The highest BCUT2D eigenvalue weighted by atomic mass is 16.4. The molecule has 0 amide bonds. The highest BCUT2D eigenvalue weighted by Gasteiger charge is 2.22. The number of hydrogen-bond acceptors (Lipinski definition) is 7. The number of benzene rings is 1. The molecule has 0 saturated carbocycles. The van der Waals surface area contributed by atoms with Crippen molar-refractivity contribution >= 4 is 5.65 Å². The third-order valence-corrected chi connectivity index (χ3v) is 5.21. The van der Waals surface area contributed by atoms with E-state index in [1.807, 2.05) is 0 Å². The van der Waals surface area contributed by atoms with Gasteiger partial charge in [-0.1, -0.05) is 0 Å². The summed E-state index contributed by atoms with van der Waals surface area (Å²) in [4.78, 5) is 15.2. The number of hydrogen-bond donors (Lipinski definition) is 2. The lowest BCUT2D eigenvalue weighted by molar-refractivity contribution is 0.446. The molecule has 1 saturated heterocycles. The average Bonchev–Trinajstić information content (AvgIpc) is 3.41. The van der Waals surface area contributed by atoms with Crippen molar-refractivity contribution in [2.75, 3.05) is 13.1 Å². The maximum atomic E-state index is 12.3. The molecule has 2 N–H and O–H groups in total. The number of aromatic nitrogens is 5. The number of piperidine rings is 1. The Balaban J connectivity index is 1.56. The summed E-state index contributed by atoms with van der Waals surface area (Å²) >= 11 is 0. The SMILES string of the molecule is N#Cc1ccc(-c2nnc(-c3cnn4c(C5CCNCC5)cc(=O)[nH]c34)o2)cc1. The van der Waals surface area contributed by atoms with Gasteiger partial charge >= 0.3 is 0 Å². The molecule has 0 aliphatic carbocycles. The van der Waals surface area contributed by atoms with E-state index in [0.717, 1.165) is 31.6 Å². The van der Waals surface area contributed by atoms with E-state index in [1.165, 1.54) is 0 Å². The van der Waals surface area contributed by atoms with E-state index in [1.54, 1.807) is 41.0 Å². The molecule has 4 aromatic rings. The van der Waals surface area contributed by atoms with Crippen LogP contribution < -0.4 is 10.9 Å². The van der Waals surface area contributed by atoms with E-state index in [-0.39, 0.29) is 17.4 Å². The van der Waals surface area contributed by atoms with Crippen LogP contribution in [0.2, 0.25) is 0 Å². The maximum Gasteiger partial charge on any atom is 0.253 e. The molecular formula is C20H17N7O2. The molecule has 0 unspecified atom stereocenters. The Morgan fingerprint density at radius 1 is 1.14 bits per heavy atom. The number of nitrogens with zero attached hydrogens (tertiary/aromatic N) is 5. The molecule has 144 valence electrons. The number of nitrogens with one attached hydrogen (secondary N) is 2. The lowest BCUT2D eigenvalue weighted by Crippen LogP contribution is -2.28. The number of H-pyrrole nitrogens is 1. The lowest BCUT2D eigenvalue weighted by Gasteiger charge is -2.23. The van der Waals surface area contributed by atoms with Gasteiger partial charge in [0.05, 0.1) is 23.5 Å². The molecule has 9 heteroatoms. The van der Waals surface area contributed by atoms with Crippen molar-refractivity contribution in [1.29, 1.82) is 5.26 Å². The molecule has 0 spiro atoms. The van der Waals surface area contributed by atoms with Crippen molar-refractivity contribution in [3.63, 3.8) is 0 Å². The standard InChI is InChI=1S/C20H17N7O2/c21-10-12-1-3-14(4-2-12)19-25-26-20(29-19)15-11-23-27-16(9-17(28)24-18(15)27)13-5-7-22-8-6-13/h1-4,9,11,13,22H,5-8H2,(H,24,28). The Bertz CT molecular complexity index is 1270. The second-order valence-electron chi connectivity index (χ2n) is 7.00. The van der Waals surface area contributed by atoms with Crippen molar-refractivity contribution in [3.8, 4) is 29.0 Å². The van der Waals surface area contributed by atoms with Crippen LogP contribution in [0, 0.1) is 11.3 Å². The van der Waals surface area contributed by atoms with Crippen LogP contribution in [0.15, 0.2) is 45.7 Å². The van der Waals surface area contributed by atoms with Crippen LogP contribution in [0.4, 0.5) is 0 Å². The van der Waals surface area contributed by atoms with E-state index in [2.05, 4.69) is 31.7 Å². The van der Waals surface area contributed by atoms with Crippen LogP contribution >= 0.6 is 0 Å². The van der Waals surface area contributed by atoms with Gasteiger partial charge in [-0.05, 0) is 50.2 Å². The number of fused-ring (bicyclic) bond motifs is 1. The van der Waals surface area contributed by atoms with Crippen molar-refractivity contribution < 1.29 is 4.42 Å². The summed E-state index contributed by atoms with van der Waals surface area (Å²) < 4.78 is 7.59.